The maximum absolute atomic E-state index is 5.47. The van der Waals surface area contributed by atoms with Gasteiger partial charge in [-0.1, -0.05) is 6.92 Å². The first-order valence-corrected chi connectivity index (χ1v) is 6.88. The van der Waals surface area contributed by atoms with Crippen LogP contribution in [0.15, 0.2) is 4.47 Å². The topological polar surface area (TPSA) is 39.1 Å². The highest BCUT2D eigenvalue weighted by molar-refractivity contribution is 9.10. The van der Waals surface area contributed by atoms with Crippen molar-refractivity contribution in [2.45, 2.75) is 39.8 Å². The van der Waals surface area contributed by atoms with Crippen LogP contribution in [0.25, 0.3) is 0 Å². The van der Waals surface area contributed by atoms with Crippen molar-refractivity contribution in [2.24, 2.45) is 7.05 Å². The van der Waals surface area contributed by atoms with Gasteiger partial charge in [-0.25, -0.2) is 0 Å². The highest BCUT2D eigenvalue weighted by atomic mass is 79.9. The number of aromatic nitrogens is 2. The lowest BCUT2D eigenvalue weighted by molar-refractivity contribution is 0.0806. The average Bonchev–Trinajstić information content (AvgIpc) is 2.54. The largest absolute Gasteiger partial charge is 0.377 e. The normalized spacial score (nSPS) is 11.4. The molecule has 1 aromatic heterocycles. The smallest absolute Gasteiger partial charge is 0.0767 e. The van der Waals surface area contributed by atoms with Gasteiger partial charge in [0.1, 0.15) is 0 Å². The third-order valence-electron chi connectivity index (χ3n) is 2.53. The molecular weight excluding hydrogens is 282 g/mol. The average molecular weight is 304 g/mol. The third kappa shape index (κ3) is 4.41. The number of hydrogen-bond donors (Lipinski definition) is 1. The Kier molecular flexibility index (Phi) is 6.16. The Labute approximate surface area is 112 Å². The van der Waals surface area contributed by atoms with Gasteiger partial charge in [0.25, 0.3) is 0 Å². The summed E-state index contributed by atoms with van der Waals surface area (Å²) in [6.45, 7) is 8.62. The molecule has 0 aliphatic rings. The number of ether oxygens (including phenoxy) is 1. The van der Waals surface area contributed by atoms with Crippen molar-refractivity contribution in [2.75, 3.05) is 13.2 Å². The van der Waals surface area contributed by atoms with Gasteiger partial charge in [0.05, 0.1) is 28.6 Å². The summed E-state index contributed by atoms with van der Waals surface area (Å²) in [4.78, 5) is 0. The molecule has 1 N–H and O–H groups in total. The lowest BCUT2D eigenvalue weighted by Gasteiger charge is -2.09. The van der Waals surface area contributed by atoms with Gasteiger partial charge in [0.2, 0.25) is 0 Å². The van der Waals surface area contributed by atoms with E-state index in [1.54, 1.807) is 0 Å². The van der Waals surface area contributed by atoms with E-state index in [2.05, 4.69) is 33.3 Å². The summed E-state index contributed by atoms with van der Waals surface area (Å²) in [5.41, 5.74) is 2.30. The first-order chi connectivity index (χ1) is 8.06. The van der Waals surface area contributed by atoms with E-state index in [0.29, 0.717) is 6.10 Å². The lowest BCUT2D eigenvalue weighted by Crippen LogP contribution is -2.22. The van der Waals surface area contributed by atoms with Crippen molar-refractivity contribution in [3.05, 3.63) is 15.9 Å². The minimum atomic E-state index is 0.298. The number of hydrogen-bond acceptors (Lipinski definition) is 3. The SMILES string of the molecule is CCc1nn(C)c(CNCCOC(C)C)c1Br. The summed E-state index contributed by atoms with van der Waals surface area (Å²) in [5, 5.41) is 7.81. The highest BCUT2D eigenvalue weighted by Crippen LogP contribution is 2.21. The fraction of sp³-hybridized carbons (Fsp3) is 0.750. The maximum atomic E-state index is 5.47. The van der Waals surface area contributed by atoms with Crippen LogP contribution in [0.1, 0.15) is 32.2 Å². The van der Waals surface area contributed by atoms with Crippen molar-refractivity contribution in [1.29, 1.82) is 0 Å². The molecule has 0 bridgehead atoms. The number of aryl methyl sites for hydroxylation is 2. The Hall–Kier alpha value is -0.390. The summed E-state index contributed by atoms with van der Waals surface area (Å²) in [6.07, 6.45) is 1.25. The second-order valence-corrected chi connectivity index (χ2v) is 5.07. The van der Waals surface area contributed by atoms with Crippen LogP contribution in [0.5, 0.6) is 0 Å². The van der Waals surface area contributed by atoms with E-state index in [-0.39, 0.29) is 0 Å². The van der Waals surface area contributed by atoms with Crippen LogP contribution in [0.2, 0.25) is 0 Å². The predicted molar refractivity (Wildman–Crippen MR) is 73.1 cm³/mol. The zero-order valence-electron chi connectivity index (χ0n) is 11.1. The predicted octanol–water partition coefficient (Wildman–Crippen LogP) is 2.26. The zero-order chi connectivity index (χ0) is 12.8. The number of rotatable bonds is 7. The molecule has 0 aliphatic carbocycles. The van der Waals surface area contributed by atoms with Crippen LogP contribution in [0, 0.1) is 0 Å². The second kappa shape index (κ2) is 7.13. The third-order valence-corrected chi connectivity index (χ3v) is 3.44. The molecule has 0 aromatic carbocycles. The van der Waals surface area contributed by atoms with E-state index in [0.717, 1.165) is 36.3 Å². The standard InChI is InChI=1S/C12H22BrN3O/c1-5-10-12(13)11(16(4)15-10)8-14-6-7-17-9(2)3/h9,14H,5-8H2,1-4H3. The molecule has 0 amide bonds. The molecule has 98 valence electrons. The van der Waals surface area contributed by atoms with E-state index in [9.17, 15) is 0 Å². The molecular formula is C12H22BrN3O. The molecule has 0 aliphatic heterocycles. The molecule has 1 rings (SSSR count). The maximum Gasteiger partial charge on any atom is 0.0767 e. The molecule has 0 saturated carbocycles. The van der Waals surface area contributed by atoms with Crippen LogP contribution >= 0.6 is 15.9 Å². The minimum absolute atomic E-state index is 0.298. The van der Waals surface area contributed by atoms with Gasteiger partial charge in [0, 0.05) is 20.1 Å². The van der Waals surface area contributed by atoms with Crippen molar-refractivity contribution in [1.82, 2.24) is 15.1 Å². The van der Waals surface area contributed by atoms with Crippen LogP contribution in [-0.2, 0) is 24.8 Å². The van der Waals surface area contributed by atoms with Gasteiger partial charge in [-0.3, -0.25) is 4.68 Å². The Balaban J connectivity index is 2.39. The van der Waals surface area contributed by atoms with Gasteiger partial charge >= 0.3 is 0 Å². The fourth-order valence-corrected chi connectivity index (χ4v) is 2.34. The Bertz CT molecular complexity index is 350. The summed E-state index contributed by atoms with van der Waals surface area (Å²) in [5.74, 6) is 0. The highest BCUT2D eigenvalue weighted by Gasteiger charge is 2.11. The molecule has 4 nitrogen and oxygen atoms in total. The fourth-order valence-electron chi connectivity index (χ4n) is 1.59. The van der Waals surface area contributed by atoms with E-state index in [1.807, 2.05) is 25.6 Å². The van der Waals surface area contributed by atoms with Gasteiger partial charge in [-0.15, -0.1) is 0 Å². The monoisotopic (exact) mass is 303 g/mol. The Morgan fingerprint density at radius 2 is 2.18 bits per heavy atom. The Morgan fingerprint density at radius 3 is 2.71 bits per heavy atom. The second-order valence-electron chi connectivity index (χ2n) is 4.28. The molecule has 17 heavy (non-hydrogen) atoms. The summed E-state index contributed by atoms with van der Waals surface area (Å²) < 4.78 is 8.52. The molecule has 0 spiro atoms. The van der Waals surface area contributed by atoms with Gasteiger partial charge < -0.3 is 10.1 Å². The van der Waals surface area contributed by atoms with Crippen LogP contribution < -0.4 is 5.32 Å². The first kappa shape index (κ1) is 14.7. The molecule has 0 unspecified atom stereocenters. The zero-order valence-corrected chi connectivity index (χ0v) is 12.7. The number of nitrogens with zero attached hydrogens (tertiary/aromatic N) is 2. The van der Waals surface area contributed by atoms with Crippen molar-refractivity contribution >= 4 is 15.9 Å². The minimum Gasteiger partial charge on any atom is -0.377 e. The Morgan fingerprint density at radius 1 is 1.47 bits per heavy atom. The van der Waals surface area contributed by atoms with Crippen LogP contribution in [0.3, 0.4) is 0 Å². The molecule has 1 aromatic rings. The van der Waals surface area contributed by atoms with Crippen LogP contribution in [-0.4, -0.2) is 29.0 Å². The molecule has 0 saturated heterocycles. The quantitative estimate of drug-likeness (QED) is 0.785. The number of halogens is 1. The summed E-state index contributed by atoms with van der Waals surface area (Å²) in [7, 11) is 1.98. The van der Waals surface area contributed by atoms with Crippen molar-refractivity contribution in [3.8, 4) is 0 Å². The van der Waals surface area contributed by atoms with Crippen molar-refractivity contribution in [3.63, 3.8) is 0 Å². The van der Waals surface area contributed by atoms with E-state index in [1.165, 1.54) is 5.69 Å². The number of nitrogens with one attached hydrogen (secondary N) is 1. The van der Waals surface area contributed by atoms with Gasteiger partial charge in [0.15, 0.2) is 0 Å². The van der Waals surface area contributed by atoms with E-state index >= 15 is 0 Å². The lowest BCUT2D eigenvalue weighted by atomic mass is 10.3. The molecule has 1 heterocycles. The van der Waals surface area contributed by atoms with Gasteiger partial charge in [-0.05, 0) is 36.2 Å². The molecule has 0 atom stereocenters. The molecule has 0 radical (unpaired) electrons. The van der Waals surface area contributed by atoms with E-state index in [4.69, 9.17) is 4.74 Å². The van der Waals surface area contributed by atoms with Crippen molar-refractivity contribution < 1.29 is 4.74 Å². The van der Waals surface area contributed by atoms with Crippen LogP contribution in [0.4, 0.5) is 0 Å². The molecule has 0 fully saturated rings. The first-order valence-electron chi connectivity index (χ1n) is 6.08. The van der Waals surface area contributed by atoms with E-state index < -0.39 is 0 Å². The summed E-state index contributed by atoms with van der Waals surface area (Å²) in [6, 6.07) is 0. The summed E-state index contributed by atoms with van der Waals surface area (Å²) >= 11 is 3.60. The molecule has 5 heteroatoms. The van der Waals surface area contributed by atoms with Gasteiger partial charge in [-0.2, -0.15) is 5.10 Å².